The Labute approximate surface area is 124 Å². The molecule has 0 aliphatic heterocycles. The zero-order chi connectivity index (χ0) is 14.5. The first kappa shape index (κ1) is 14.4. The van der Waals surface area contributed by atoms with Crippen LogP contribution in [0.2, 0.25) is 5.02 Å². The van der Waals surface area contributed by atoms with Gasteiger partial charge in [0.2, 0.25) is 0 Å². The van der Waals surface area contributed by atoms with Crippen molar-refractivity contribution in [1.82, 2.24) is 5.32 Å². The van der Waals surface area contributed by atoms with E-state index in [4.69, 9.17) is 16.7 Å². The quantitative estimate of drug-likeness (QED) is 0.809. The van der Waals surface area contributed by atoms with Gasteiger partial charge in [-0.15, -0.1) is 11.3 Å². The Morgan fingerprint density at radius 1 is 1.30 bits per heavy atom. The zero-order valence-corrected chi connectivity index (χ0v) is 11.8. The number of carbonyl (C=O) groups excluding carboxylic acids is 1. The molecule has 0 unspecified atom stereocenters. The van der Waals surface area contributed by atoms with Crippen molar-refractivity contribution in [3.8, 4) is 0 Å². The van der Waals surface area contributed by atoms with E-state index in [9.17, 15) is 9.59 Å². The summed E-state index contributed by atoms with van der Waals surface area (Å²) < 4.78 is 0. The number of nitrogens with one attached hydrogen (secondary N) is 2. The predicted molar refractivity (Wildman–Crippen MR) is 78.6 cm³/mol. The number of carboxylic acids is 1. The van der Waals surface area contributed by atoms with Crippen LogP contribution in [0.3, 0.4) is 0 Å². The maximum Gasteiger partial charge on any atom is 0.337 e. The van der Waals surface area contributed by atoms with Gasteiger partial charge in [-0.1, -0.05) is 17.7 Å². The summed E-state index contributed by atoms with van der Waals surface area (Å²) >= 11 is 7.26. The molecule has 104 valence electrons. The van der Waals surface area contributed by atoms with Crippen LogP contribution in [-0.4, -0.2) is 17.1 Å². The Balaban J connectivity index is 2.02. The molecule has 0 aliphatic rings. The maximum absolute atomic E-state index is 11.7. The summed E-state index contributed by atoms with van der Waals surface area (Å²) in [5.41, 5.74) is 0.148. The third kappa shape index (κ3) is 3.72. The molecule has 0 saturated carbocycles. The predicted octanol–water partition coefficient (Wildman–Crippen LogP) is 3.42. The van der Waals surface area contributed by atoms with Crippen LogP contribution in [0.15, 0.2) is 35.7 Å². The van der Waals surface area contributed by atoms with Crippen LogP contribution in [0.4, 0.5) is 10.5 Å². The molecule has 0 saturated heterocycles. The fourth-order valence-electron chi connectivity index (χ4n) is 1.55. The highest BCUT2D eigenvalue weighted by molar-refractivity contribution is 7.09. The molecule has 20 heavy (non-hydrogen) atoms. The number of hydrogen-bond donors (Lipinski definition) is 3. The van der Waals surface area contributed by atoms with E-state index in [1.54, 1.807) is 0 Å². The first-order chi connectivity index (χ1) is 9.56. The average molecular weight is 311 g/mol. The Hall–Kier alpha value is -2.05. The first-order valence-corrected chi connectivity index (χ1v) is 6.92. The summed E-state index contributed by atoms with van der Waals surface area (Å²) in [7, 11) is 0. The van der Waals surface area contributed by atoms with Crippen molar-refractivity contribution in [3.63, 3.8) is 0 Å². The van der Waals surface area contributed by atoms with Gasteiger partial charge in [0.05, 0.1) is 17.8 Å². The van der Waals surface area contributed by atoms with Crippen molar-refractivity contribution in [1.29, 1.82) is 0 Å². The van der Waals surface area contributed by atoms with Crippen LogP contribution in [0.5, 0.6) is 0 Å². The number of amides is 2. The molecule has 2 rings (SSSR count). The van der Waals surface area contributed by atoms with Crippen molar-refractivity contribution in [2.45, 2.75) is 6.54 Å². The molecule has 1 aromatic carbocycles. The van der Waals surface area contributed by atoms with Gasteiger partial charge < -0.3 is 15.7 Å². The summed E-state index contributed by atoms with van der Waals surface area (Å²) in [6, 6.07) is 7.58. The normalized spacial score (nSPS) is 10.1. The smallest absolute Gasteiger partial charge is 0.337 e. The summed E-state index contributed by atoms with van der Waals surface area (Å²) in [5.74, 6) is -1.15. The molecule has 1 aromatic heterocycles. The third-order valence-corrected chi connectivity index (χ3v) is 3.57. The SMILES string of the molecule is O=C(NCc1cccs1)Nc1ccc(Cl)cc1C(=O)O. The number of benzene rings is 1. The second-order valence-corrected chi connectivity index (χ2v) is 5.35. The Kier molecular flexibility index (Phi) is 4.60. The van der Waals surface area contributed by atoms with Crippen molar-refractivity contribution in [2.75, 3.05) is 5.32 Å². The van der Waals surface area contributed by atoms with Crippen molar-refractivity contribution < 1.29 is 14.7 Å². The lowest BCUT2D eigenvalue weighted by Gasteiger charge is -2.09. The van der Waals surface area contributed by atoms with Gasteiger partial charge in [-0.2, -0.15) is 0 Å². The summed E-state index contributed by atoms with van der Waals surface area (Å²) in [6.45, 7) is 0.388. The van der Waals surface area contributed by atoms with Gasteiger partial charge in [-0.3, -0.25) is 0 Å². The van der Waals surface area contributed by atoms with E-state index in [1.807, 2.05) is 17.5 Å². The molecular weight excluding hydrogens is 300 g/mol. The first-order valence-electron chi connectivity index (χ1n) is 5.66. The van der Waals surface area contributed by atoms with Gasteiger partial charge >= 0.3 is 12.0 Å². The highest BCUT2D eigenvalue weighted by Crippen LogP contribution is 2.20. The summed E-state index contributed by atoms with van der Waals surface area (Å²) in [4.78, 5) is 23.8. The van der Waals surface area contributed by atoms with E-state index < -0.39 is 12.0 Å². The summed E-state index contributed by atoms with van der Waals surface area (Å²) in [6.07, 6.45) is 0. The van der Waals surface area contributed by atoms with Crippen LogP contribution in [0.1, 0.15) is 15.2 Å². The number of hydrogen-bond acceptors (Lipinski definition) is 3. The minimum atomic E-state index is -1.15. The molecule has 5 nitrogen and oxygen atoms in total. The van der Waals surface area contributed by atoms with E-state index >= 15 is 0 Å². The van der Waals surface area contributed by atoms with Crippen LogP contribution in [0.25, 0.3) is 0 Å². The molecule has 2 aromatic rings. The molecule has 0 fully saturated rings. The monoisotopic (exact) mass is 310 g/mol. The van der Waals surface area contributed by atoms with Crippen LogP contribution in [-0.2, 0) is 6.54 Å². The Morgan fingerprint density at radius 2 is 2.10 bits per heavy atom. The number of aromatic carboxylic acids is 1. The second kappa shape index (κ2) is 6.40. The van der Waals surface area contributed by atoms with E-state index in [0.717, 1.165) is 4.88 Å². The van der Waals surface area contributed by atoms with Gasteiger partial charge in [-0.25, -0.2) is 9.59 Å². The number of anilines is 1. The van der Waals surface area contributed by atoms with Gasteiger partial charge in [0.15, 0.2) is 0 Å². The highest BCUT2D eigenvalue weighted by Gasteiger charge is 2.13. The number of halogens is 1. The van der Waals surface area contributed by atoms with Crippen molar-refractivity contribution >= 4 is 40.6 Å². The third-order valence-electron chi connectivity index (χ3n) is 2.46. The van der Waals surface area contributed by atoms with E-state index in [2.05, 4.69) is 10.6 Å². The minimum Gasteiger partial charge on any atom is -0.478 e. The lowest BCUT2D eigenvalue weighted by atomic mass is 10.2. The Morgan fingerprint density at radius 3 is 2.75 bits per heavy atom. The maximum atomic E-state index is 11.7. The number of rotatable bonds is 4. The molecule has 0 spiro atoms. The zero-order valence-electron chi connectivity index (χ0n) is 10.2. The highest BCUT2D eigenvalue weighted by atomic mass is 35.5. The topological polar surface area (TPSA) is 78.4 Å². The standard InChI is InChI=1S/C13H11ClN2O3S/c14-8-3-4-11(10(6-8)12(17)18)16-13(19)15-7-9-2-1-5-20-9/h1-6H,7H2,(H,17,18)(H2,15,16,19). The van der Waals surface area contributed by atoms with Gasteiger partial charge in [0, 0.05) is 9.90 Å². The fourth-order valence-corrected chi connectivity index (χ4v) is 2.37. The van der Waals surface area contributed by atoms with E-state index in [-0.39, 0.29) is 11.3 Å². The molecule has 0 aliphatic carbocycles. The van der Waals surface area contributed by atoms with Crippen molar-refractivity contribution in [2.24, 2.45) is 0 Å². The summed E-state index contributed by atoms with van der Waals surface area (Å²) in [5, 5.41) is 16.4. The average Bonchev–Trinajstić information content (AvgIpc) is 2.91. The van der Waals surface area contributed by atoms with Gasteiger partial charge in [0.25, 0.3) is 0 Å². The molecule has 7 heteroatoms. The van der Waals surface area contributed by atoms with Crippen LogP contribution >= 0.6 is 22.9 Å². The number of carboxylic acid groups (broad SMARTS) is 1. The number of urea groups is 1. The molecular formula is C13H11ClN2O3S. The molecule has 0 radical (unpaired) electrons. The number of carbonyl (C=O) groups is 2. The van der Waals surface area contributed by atoms with E-state index in [0.29, 0.717) is 11.6 Å². The molecule has 3 N–H and O–H groups in total. The molecule has 0 bridgehead atoms. The lowest BCUT2D eigenvalue weighted by Crippen LogP contribution is -2.28. The second-order valence-electron chi connectivity index (χ2n) is 3.88. The van der Waals surface area contributed by atoms with Gasteiger partial charge in [-0.05, 0) is 29.6 Å². The number of thiophene rings is 1. The molecule has 1 heterocycles. The molecule has 0 atom stereocenters. The molecule has 2 amide bonds. The minimum absolute atomic E-state index is 0.0521. The van der Waals surface area contributed by atoms with Crippen molar-refractivity contribution in [3.05, 3.63) is 51.2 Å². The van der Waals surface area contributed by atoms with Crippen LogP contribution in [0, 0.1) is 0 Å². The van der Waals surface area contributed by atoms with Crippen LogP contribution < -0.4 is 10.6 Å². The lowest BCUT2D eigenvalue weighted by molar-refractivity contribution is 0.0698. The Bertz CT molecular complexity index is 629. The van der Waals surface area contributed by atoms with Gasteiger partial charge in [0.1, 0.15) is 0 Å². The largest absolute Gasteiger partial charge is 0.478 e. The fraction of sp³-hybridized carbons (Fsp3) is 0.0769. The van der Waals surface area contributed by atoms with E-state index in [1.165, 1.54) is 29.5 Å².